The van der Waals surface area contributed by atoms with Crippen LogP contribution in [0.5, 0.6) is 5.75 Å². The largest absolute Gasteiger partial charge is 0.550 e. The zero-order valence-corrected chi connectivity index (χ0v) is 17.1. The van der Waals surface area contributed by atoms with Crippen molar-refractivity contribution in [2.75, 3.05) is 0 Å². The summed E-state index contributed by atoms with van der Waals surface area (Å²) in [6, 6.07) is 8.92. The third-order valence-electron chi connectivity index (χ3n) is 4.43. The molecule has 1 aromatic carbocycles. The Balaban J connectivity index is 1.65. The Morgan fingerprint density at radius 1 is 1.30 bits per heavy atom. The average Bonchev–Trinajstić information content (AvgIpc) is 3.34. The van der Waals surface area contributed by atoms with Gasteiger partial charge in [-0.15, -0.1) is 0 Å². The number of aromatic nitrogens is 4. The molecule has 3 aromatic heterocycles. The van der Waals surface area contributed by atoms with Gasteiger partial charge in [0.25, 0.3) is 5.89 Å². The Kier molecular flexibility index (Phi) is 5.41. The minimum Gasteiger partial charge on any atom is -0.550 e. The molecular formula is C21H18ClN4O4-. The monoisotopic (exact) mass is 425 g/mol. The number of ether oxygens (including phenoxy) is 1. The standard InChI is InChI=1S/C21H19ClN4O4/c1-12(2)29-17-4-3-13(11-16(17)22)21-24-19(25-30-21)14-5-8-23-20-15(14)6-9-26(20)10-7-18(27)28/h3-6,8-9,11-12H,7,10H2,1-2H3,(H,27,28)/p-1. The zero-order valence-electron chi connectivity index (χ0n) is 16.3. The van der Waals surface area contributed by atoms with Crippen molar-refractivity contribution in [1.29, 1.82) is 0 Å². The number of hydrogen-bond acceptors (Lipinski definition) is 7. The Bertz CT molecular complexity index is 1210. The summed E-state index contributed by atoms with van der Waals surface area (Å²) < 4.78 is 12.8. The molecule has 0 atom stereocenters. The molecule has 0 radical (unpaired) electrons. The van der Waals surface area contributed by atoms with E-state index in [4.69, 9.17) is 20.9 Å². The van der Waals surface area contributed by atoms with Gasteiger partial charge in [0.2, 0.25) is 5.82 Å². The van der Waals surface area contributed by atoms with Crippen LogP contribution < -0.4 is 9.84 Å². The van der Waals surface area contributed by atoms with Gasteiger partial charge in [0, 0.05) is 47.8 Å². The smallest absolute Gasteiger partial charge is 0.258 e. The lowest BCUT2D eigenvalue weighted by Crippen LogP contribution is -2.23. The highest BCUT2D eigenvalue weighted by Gasteiger charge is 2.16. The lowest BCUT2D eigenvalue weighted by Gasteiger charge is -2.11. The fourth-order valence-corrected chi connectivity index (χ4v) is 3.34. The summed E-state index contributed by atoms with van der Waals surface area (Å²) in [4.78, 5) is 19.6. The second kappa shape index (κ2) is 8.16. The zero-order chi connectivity index (χ0) is 21.3. The van der Waals surface area contributed by atoms with Crippen LogP contribution in [0.4, 0.5) is 0 Å². The summed E-state index contributed by atoms with van der Waals surface area (Å²) in [7, 11) is 0. The molecule has 0 aliphatic heterocycles. The van der Waals surface area contributed by atoms with Crippen LogP contribution in [0.25, 0.3) is 33.9 Å². The molecule has 8 nitrogen and oxygen atoms in total. The number of carboxylic acid groups (broad SMARTS) is 1. The van der Waals surface area contributed by atoms with Crippen LogP contribution >= 0.6 is 11.6 Å². The molecule has 9 heteroatoms. The molecule has 0 aliphatic carbocycles. The van der Waals surface area contributed by atoms with Crippen LogP contribution in [0.2, 0.25) is 5.02 Å². The maximum atomic E-state index is 10.8. The first-order valence-corrected chi connectivity index (χ1v) is 9.74. The number of rotatable bonds is 7. The van der Waals surface area contributed by atoms with E-state index in [2.05, 4.69) is 15.1 Å². The van der Waals surface area contributed by atoms with E-state index in [1.807, 2.05) is 19.9 Å². The second-order valence-electron chi connectivity index (χ2n) is 6.96. The molecule has 0 amide bonds. The Labute approximate surface area is 177 Å². The first-order valence-electron chi connectivity index (χ1n) is 9.36. The molecule has 30 heavy (non-hydrogen) atoms. The number of fused-ring (bicyclic) bond motifs is 1. The van der Waals surface area contributed by atoms with Crippen LogP contribution in [0, 0.1) is 0 Å². The van der Waals surface area contributed by atoms with E-state index in [1.54, 1.807) is 41.2 Å². The first kappa shape index (κ1) is 19.9. The average molecular weight is 426 g/mol. The number of carboxylic acids is 1. The molecular weight excluding hydrogens is 408 g/mol. The number of hydrogen-bond donors (Lipinski definition) is 0. The number of nitrogens with zero attached hydrogens (tertiary/aromatic N) is 4. The van der Waals surface area contributed by atoms with Gasteiger partial charge in [-0.2, -0.15) is 4.98 Å². The van der Waals surface area contributed by atoms with Gasteiger partial charge in [0.05, 0.1) is 11.1 Å². The van der Waals surface area contributed by atoms with Crippen molar-refractivity contribution in [3.05, 3.63) is 47.7 Å². The van der Waals surface area contributed by atoms with Crippen molar-refractivity contribution in [2.24, 2.45) is 0 Å². The summed E-state index contributed by atoms with van der Waals surface area (Å²) >= 11 is 6.31. The third-order valence-corrected chi connectivity index (χ3v) is 4.72. The predicted octanol–water partition coefficient (Wildman–Crippen LogP) is 3.33. The van der Waals surface area contributed by atoms with Gasteiger partial charge in [0.1, 0.15) is 11.4 Å². The van der Waals surface area contributed by atoms with Gasteiger partial charge in [-0.3, -0.25) is 0 Å². The Hall–Kier alpha value is -3.39. The second-order valence-corrected chi connectivity index (χ2v) is 7.37. The number of carbonyl (C=O) groups excluding carboxylic acids is 1. The molecule has 0 unspecified atom stereocenters. The highest BCUT2D eigenvalue weighted by Crippen LogP contribution is 2.32. The van der Waals surface area contributed by atoms with Crippen LogP contribution in [0.1, 0.15) is 20.3 Å². The van der Waals surface area contributed by atoms with E-state index >= 15 is 0 Å². The highest BCUT2D eigenvalue weighted by atomic mass is 35.5. The van der Waals surface area contributed by atoms with E-state index in [0.29, 0.717) is 33.7 Å². The Morgan fingerprint density at radius 3 is 2.87 bits per heavy atom. The summed E-state index contributed by atoms with van der Waals surface area (Å²) in [5, 5.41) is 16.1. The molecule has 4 aromatic rings. The van der Waals surface area contributed by atoms with Crippen LogP contribution in [0.15, 0.2) is 47.2 Å². The maximum Gasteiger partial charge on any atom is 0.258 e. The van der Waals surface area contributed by atoms with Crippen molar-refractivity contribution in [1.82, 2.24) is 19.7 Å². The van der Waals surface area contributed by atoms with Gasteiger partial charge in [0.15, 0.2) is 0 Å². The summed E-state index contributed by atoms with van der Waals surface area (Å²) in [6.07, 6.45) is 3.31. The van der Waals surface area contributed by atoms with Gasteiger partial charge in [-0.1, -0.05) is 16.8 Å². The molecule has 0 bridgehead atoms. The number of pyridine rings is 1. The van der Waals surface area contributed by atoms with E-state index in [9.17, 15) is 9.90 Å². The molecule has 4 rings (SSSR count). The van der Waals surface area contributed by atoms with Crippen molar-refractivity contribution < 1.29 is 19.2 Å². The molecule has 0 saturated heterocycles. The van der Waals surface area contributed by atoms with Crippen molar-refractivity contribution in [3.8, 4) is 28.6 Å². The molecule has 0 aliphatic rings. The van der Waals surface area contributed by atoms with E-state index in [-0.39, 0.29) is 19.1 Å². The van der Waals surface area contributed by atoms with Crippen LogP contribution in [0.3, 0.4) is 0 Å². The molecule has 0 N–H and O–H groups in total. The molecule has 154 valence electrons. The number of aryl methyl sites for hydroxylation is 1. The number of halogens is 1. The quantitative estimate of drug-likeness (QED) is 0.447. The fraction of sp³-hybridized carbons (Fsp3) is 0.238. The fourth-order valence-electron chi connectivity index (χ4n) is 3.11. The topological polar surface area (TPSA) is 106 Å². The molecule has 0 spiro atoms. The lowest BCUT2D eigenvalue weighted by atomic mass is 10.1. The number of benzene rings is 1. The van der Waals surface area contributed by atoms with Gasteiger partial charge < -0.3 is 23.7 Å². The lowest BCUT2D eigenvalue weighted by molar-refractivity contribution is -0.305. The Morgan fingerprint density at radius 2 is 2.13 bits per heavy atom. The predicted molar refractivity (Wildman–Crippen MR) is 109 cm³/mol. The van der Waals surface area contributed by atoms with Crippen molar-refractivity contribution >= 4 is 28.6 Å². The van der Waals surface area contributed by atoms with E-state index < -0.39 is 5.97 Å². The normalized spacial score (nSPS) is 11.3. The van der Waals surface area contributed by atoms with Gasteiger partial charge in [-0.05, 0) is 44.2 Å². The molecule has 0 fully saturated rings. The number of aliphatic carboxylic acids is 1. The van der Waals surface area contributed by atoms with E-state index in [0.717, 1.165) is 10.9 Å². The minimum absolute atomic E-state index is 0.0107. The van der Waals surface area contributed by atoms with Crippen molar-refractivity contribution in [3.63, 3.8) is 0 Å². The van der Waals surface area contributed by atoms with Crippen molar-refractivity contribution in [2.45, 2.75) is 32.9 Å². The number of carbonyl (C=O) groups is 1. The van der Waals surface area contributed by atoms with Gasteiger partial charge in [-0.25, -0.2) is 4.98 Å². The van der Waals surface area contributed by atoms with Crippen LogP contribution in [-0.4, -0.2) is 31.8 Å². The SMILES string of the molecule is CC(C)Oc1ccc(-c2nc(-c3ccnc4c3ccn4CCC(=O)[O-])no2)cc1Cl. The van der Waals surface area contributed by atoms with Gasteiger partial charge >= 0.3 is 0 Å². The van der Waals surface area contributed by atoms with E-state index in [1.165, 1.54) is 0 Å². The molecule has 3 heterocycles. The highest BCUT2D eigenvalue weighted by molar-refractivity contribution is 6.32. The van der Waals surface area contributed by atoms with Crippen LogP contribution in [-0.2, 0) is 11.3 Å². The minimum atomic E-state index is -1.11. The summed E-state index contributed by atoms with van der Waals surface area (Å²) in [6.45, 7) is 4.12. The first-order chi connectivity index (χ1) is 14.4. The summed E-state index contributed by atoms with van der Waals surface area (Å²) in [5.74, 6) is 0.196. The molecule has 0 saturated carbocycles. The third kappa shape index (κ3) is 3.99. The summed E-state index contributed by atoms with van der Waals surface area (Å²) in [5.41, 5.74) is 2.04. The maximum absolute atomic E-state index is 10.8.